The summed E-state index contributed by atoms with van der Waals surface area (Å²) in [6.45, 7) is 5.89. The fourth-order valence-electron chi connectivity index (χ4n) is 3.33. The summed E-state index contributed by atoms with van der Waals surface area (Å²) in [7, 11) is 0. The van der Waals surface area contributed by atoms with Crippen LogP contribution < -0.4 is 19.7 Å². The highest BCUT2D eigenvalue weighted by Gasteiger charge is 2.34. The van der Waals surface area contributed by atoms with Crippen molar-refractivity contribution in [3.63, 3.8) is 0 Å². The number of rotatable bonds is 5. The number of anilines is 1. The predicted molar refractivity (Wildman–Crippen MR) is 136 cm³/mol. The highest BCUT2D eigenvalue weighted by Crippen LogP contribution is 2.27. The number of nitrogens with zero attached hydrogens (tertiary/aromatic N) is 1. The quantitative estimate of drug-likeness (QED) is 0.302. The van der Waals surface area contributed by atoms with E-state index in [4.69, 9.17) is 21.7 Å². The van der Waals surface area contributed by atoms with Crippen molar-refractivity contribution in [1.82, 2.24) is 5.32 Å². The van der Waals surface area contributed by atoms with Gasteiger partial charge in [-0.25, -0.2) is 0 Å². The zero-order chi connectivity index (χ0) is 24.3. The van der Waals surface area contributed by atoms with E-state index >= 15 is 0 Å². The van der Waals surface area contributed by atoms with Crippen LogP contribution in [-0.2, 0) is 9.59 Å². The molecule has 1 heterocycles. The average Bonchev–Trinajstić information content (AvgIpc) is 2.78. The summed E-state index contributed by atoms with van der Waals surface area (Å²) in [6, 6.07) is 23.5. The van der Waals surface area contributed by atoms with E-state index in [9.17, 15) is 9.59 Å². The van der Waals surface area contributed by atoms with E-state index < -0.39 is 11.8 Å². The van der Waals surface area contributed by atoms with Crippen molar-refractivity contribution < 1.29 is 19.1 Å². The molecule has 0 unspecified atom stereocenters. The standard InChI is InChI=1S/C27H24N2O4S/c1-27(2,3)33-22-13-9-18(10-14-22)17-23-24(30)28-26(34)29(25(23)31)19-11-15-21(16-12-19)32-20-7-5-4-6-8-20/h4-17H,1-3H3,(H,28,30,34). The molecule has 172 valence electrons. The van der Waals surface area contributed by atoms with E-state index in [1.54, 1.807) is 54.6 Å². The van der Waals surface area contributed by atoms with Gasteiger partial charge in [0.15, 0.2) is 5.11 Å². The fraction of sp³-hybridized carbons (Fsp3) is 0.148. The van der Waals surface area contributed by atoms with Gasteiger partial charge in [0.2, 0.25) is 0 Å². The Balaban J connectivity index is 1.55. The lowest BCUT2D eigenvalue weighted by molar-refractivity contribution is -0.122. The summed E-state index contributed by atoms with van der Waals surface area (Å²) in [5, 5.41) is 2.62. The zero-order valence-electron chi connectivity index (χ0n) is 19.1. The Morgan fingerprint density at radius 2 is 1.41 bits per heavy atom. The Bertz CT molecular complexity index is 1240. The first-order chi connectivity index (χ1) is 16.2. The van der Waals surface area contributed by atoms with Gasteiger partial charge in [-0.1, -0.05) is 30.3 Å². The van der Waals surface area contributed by atoms with Crippen molar-refractivity contribution in [2.45, 2.75) is 26.4 Å². The Morgan fingerprint density at radius 1 is 0.824 bits per heavy atom. The van der Waals surface area contributed by atoms with Crippen molar-refractivity contribution in [2.75, 3.05) is 4.90 Å². The molecule has 1 fully saturated rings. The number of amides is 2. The number of thiocarbonyl (C=S) groups is 1. The summed E-state index contributed by atoms with van der Waals surface area (Å²) < 4.78 is 11.6. The molecule has 0 spiro atoms. The number of carbonyl (C=O) groups excluding carboxylic acids is 2. The van der Waals surface area contributed by atoms with E-state index in [1.165, 1.54) is 4.90 Å². The van der Waals surface area contributed by atoms with Crippen LogP contribution in [0.5, 0.6) is 17.2 Å². The van der Waals surface area contributed by atoms with Gasteiger partial charge in [0.1, 0.15) is 28.4 Å². The minimum Gasteiger partial charge on any atom is -0.488 e. The summed E-state index contributed by atoms with van der Waals surface area (Å²) >= 11 is 5.28. The van der Waals surface area contributed by atoms with Gasteiger partial charge in [0.25, 0.3) is 11.8 Å². The molecule has 1 aliphatic heterocycles. The normalized spacial score (nSPS) is 15.3. The monoisotopic (exact) mass is 472 g/mol. The minimum absolute atomic E-state index is 0.0114. The number of hydrogen-bond acceptors (Lipinski definition) is 5. The molecule has 0 aromatic heterocycles. The maximum absolute atomic E-state index is 13.2. The van der Waals surface area contributed by atoms with Crippen LogP contribution in [0, 0.1) is 0 Å². The number of para-hydroxylation sites is 1. The van der Waals surface area contributed by atoms with E-state index in [1.807, 2.05) is 51.1 Å². The second kappa shape index (κ2) is 9.49. The molecule has 1 aliphatic rings. The minimum atomic E-state index is -0.537. The van der Waals surface area contributed by atoms with Crippen molar-refractivity contribution in [3.05, 3.63) is 90.0 Å². The maximum atomic E-state index is 13.2. The Labute approximate surface area is 203 Å². The van der Waals surface area contributed by atoms with Crippen LogP contribution in [-0.4, -0.2) is 22.5 Å². The van der Waals surface area contributed by atoms with Gasteiger partial charge in [0.05, 0.1) is 5.69 Å². The fourth-order valence-corrected chi connectivity index (χ4v) is 3.61. The predicted octanol–water partition coefficient (Wildman–Crippen LogP) is 5.49. The first-order valence-corrected chi connectivity index (χ1v) is 11.1. The van der Waals surface area contributed by atoms with E-state index in [0.29, 0.717) is 28.5 Å². The van der Waals surface area contributed by atoms with Gasteiger partial charge >= 0.3 is 0 Å². The first kappa shape index (κ1) is 23.2. The maximum Gasteiger partial charge on any atom is 0.270 e. The molecule has 0 saturated carbocycles. The van der Waals surface area contributed by atoms with Crippen molar-refractivity contribution in [3.8, 4) is 17.2 Å². The van der Waals surface area contributed by atoms with Gasteiger partial charge in [-0.3, -0.25) is 19.8 Å². The van der Waals surface area contributed by atoms with Crippen LogP contribution in [0.4, 0.5) is 5.69 Å². The van der Waals surface area contributed by atoms with Crippen molar-refractivity contribution in [1.29, 1.82) is 0 Å². The van der Waals surface area contributed by atoms with E-state index in [-0.39, 0.29) is 16.3 Å². The summed E-state index contributed by atoms with van der Waals surface area (Å²) in [5.74, 6) is 0.986. The van der Waals surface area contributed by atoms with Gasteiger partial charge in [-0.2, -0.15) is 0 Å². The van der Waals surface area contributed by atoms with Crippen LogP contribution in [0.25, 0.3) is 6.08 Å². The van der Waals surface area contributed by atoms with Crippen LogP contribution in [0.1, 0.15) is 26.3 Å². The summed E-state index contributed by atoms with van der Waals surface area (Å²) in [5.41, 5.74) is 0.883. The average molecular weight is 473 g/mol. The second-order valence-corrected chi connectivity index (χ2v) is 9.04. The molecule has 1 N–H and O–H groups in total. The van der Waals surface area contributed by atoms with Crippen molar-refractivity contribution in [2.24, 2.45) is 0 Å². The molecular formula is C27H24N2O4S. The van der Waals surface area contributed by atoms with Crippen LogP contribution in [0.15, 0.2) is 84.4 Å². The topological polar surface area (TPSA) is 67.9 Å². The Hall–Kier alpha value is -3.97. The molecule has 3 aromatic rings. The smallest absolute Gasteiger partial charge is 0.270 e. The zero-order valence-corrected chi connectivity index (χ0v) is 19.9. The summed E-state index contributed by atoms with van der Waals surface area (Å²) in [4.78, 5) is 27.1. The lowest BCUT2D eigenvalue weighted by Gasteiger charge is -2.29. The number of nitrogens with one attached hydrogen (secondary N) is 1. The number of hydrogen-bond donors (Lipinski definition) is 1. The molecule has 7 heteroatoms. The molecule has 0 bridgehead atoms. The van der Waals surface area contributed by atoms with Gasteiger partial charge < -0.3 is 9.47 Å². The third kappa shape index (κ3) is 5.50. The summed E-state index contributed by atoms with van der Waals surface area (Å²) in [6.07, 6.45) is 1.54. The SMILES string of the molecule is CC(C)(C)Oc1ccc(C=C2C(=O)NC(=S)N(c3ccc(Oc4ccccc4)cc3)C2=O)cc1. The number of ether oxygens (including phenoxy) is 2. The second-order valence-electron chi connectivity index (χ2n) is 8.65. The lowest BCUT2D eigenvalue weighted by atomic mass is 10.1. The van der Waals surface area contributed by atoms with E-state index in [2.05, 4.69) is 5.32 Å². The molecule has 6 nitrogen and oxygen atoms in total. The first-order valence-electron chi connectivity index (χ1n) is 10.7. The molecule has 34 heavy (non-hydrogen) atoms. The Kier molecular flexibility index (Phi) is 6.47. The molecule has 3 aromatic carbocycles. The highest BCUT2D eigenvalue weighted by molar-refractivity contribution is 7.80. The van der Waals surface area contributed by atoms with Crippen LogP contribution >= 0.6 is 12.2 Å². The van der Waals surface area contributed by atoms with E-state index in [0.717, 1.165) is 0 Å². The number of carbonyl (C=O) groups is 2. The molecule has 0 radical (unpaired) electrons. The molecule has 0 atom stereocenters. The van der Waals surface area contributed by atoms with Gasteiger partial charge in [-0.05, 0) is 93.2 Å². The van der Waals surface area contributed by atoms with Crippen LogP contribution in [0.2, 0.25) is 0 Å². The van der Waals surface area contributed by atoms with Crippen molar-refractivity contribution >= 4 is 40.9 Å². The third-order valence-electron chi connectivity index (χ3n) is 4.79. The third-order valence-corrected chi connectivity index (χ3v) is 5.08. The van der Waals surface area contributed by atoms with Gasteiger partial charge in [-0.15, -0.1) is 0 Å². The van der Waals surface area contributed by atoms with Crippen LogP contribution in [0.3, 0.4) is 0 Å². The van der Waals surface area contributed by atoms with Gasteiger partial charge in [0, 0.05) is 0 Å². The molecular weight excluding hydrogens is 448 g/mol. The Morgan fingerprint density at radius 3 is 2.03 bits per heavy atom. The lowest BCUT2D eigenvalue weighted by Crippen LogP contribution is -2.54. The molecule has 2 amide bonds. The largest absolute Gasteiger partial charge is 0.488 e. The molecule has 1 saturated heterocycles. The molecule has 0 aliphatic carbocycles. The number of benzene rings is 3. The molecule has 4 rings (SSSR count). The highest BCUT2D eigenvalue weighted by atomic mass is 32.1.